The maximum absolute atomic E-state index is 11.0. The Labute approximate surface area is 118 Å². The summed E-state index contributed by atoms with van der Waals surface area (Å²) < 4.78 is 0. The lowest BCUT2D eigenvalue weighted by molar-refractivity contribution is -0.139. The molecule has 0 aromatic carbocycles. The smallest absolute Gasteiger partial charge is 0.320 e. The number of carboxylic acids is 1. The summed E-state index contributed by atoms with van der Waals surface area (Å²) in [7, 11) is 1.71. The van der Waals surface area contributed by atoms with Crippen molar-refractivity contribution in [3.8, 4) is 0 Å². The Kier molecular flexibility index (Phi) is 9.88. The number of nitrogens with one attached hydrogen (secondary N) is 1. The van der Waals surface area contributed by atoms with E-state index < -0.39 is 12.0 Å². The molecule has 0 saturated carbocycles. The minimum Gasteiger partial charge on any atom is -0.480 e. The van der Waals surface area contributed by atoms with Gasteiger partial charge >= 0.3 is 5.97 Å². The second-order valence-corrected chi connectivity index (χ2v) is 6.17. The highest BCUT2D eigenvalue weighted by molar-refractivity contribution is 5.73. The molecule has 1 atom stereocenters. The van der Waals surface area contributed by atoms with Crippen LogP contribution in [0.15, 0.2) is 0 Å². The minimum absolute atomic E-state index is 0.430. The van der Waals surface area contributed by atoms with E-state index in [2.05, 4.69) is 37.9 Å². The maximum Gasteiger partial charge on any atom is 0.320 e. The molecule has 0 aliphatic carbocycles. The van der Waals surface area contributed by atoms with E-state index in [0.717, 1.165) is 19.6 Å². The Morgan fingerprint density at radius 1 is 1.00 bits per heavy atom. The van der Waals surface area contributed by atoms with E-state index in [9.17, 15) is 4.79 Å². The molecule has 1 unspecified atom stereocenters. The van der Waals surface area contributed by atoms with Gasteiger partial charge in [-0.05, 0) is 51.2 Å². The van der Waals surface area contributed by atoms with E-state index >= 15 is 0 Å². The van der Waals surface area contributed by atoms with Crippen LogP contribution in [0.2, 0.25) is 0 Å². The van der Waals surface area contributed by atoms with Gasteiger partial charge in [-0.25, -0.2) is 0 Å². The van der Waals surface area contributed by atoms with Crippen LogP contribution in [0.4, 0.5) is 0 Å². The Morgan fingerprint density at radius 3 is 1.74 bits per heavy atom. The summed E-state index contributed by atoms with van der Waals surface area (Å²) in [5, 5.41) is 11.9. The van der Waals surface area contributed by atoms with Crippen LogP contribution < -0.4 is 5.32 Å². The van der Waals surface area contributed by atoms with Gasteiger partial charge < -0.3 is 15.3 Å². The van der Waals surface area contributed by atoms with Crippen LogP contribution in [0.5, 0.6) is 0 Å². The highest BCUT2D eigenvalue weighted by Crippen LogP contribution is 2.08. The van der Waals surface area contributed by atoms with Gasteiger partial charge in [0.1, 0.15) is 6.04 Å². The average molecular weight is 272 g/mol. The number of carbonyl (C=O) groups is 1. The molecule has 0 aliphatic heterocycles. The summed E-state index contributed by atoms with van der Waals surface area (Å²) in [4.78, 5) is 13.4. The highest BCUT2D eigenvalue weighted by Gasteiger charge is 2.16. The standard InChI is InChI=1S/C15H32N2O2/c1-12(2)6-9-17(10-7-13(3)4)11-8-14(16-5)15(18)19/h12-14,16H,6-11H2,1-5H3,(H,18,19). The molecule has 0 amide bonds. The molecular weight excluding hydrogens is 240 g/mol. The van der Waals surface area contributed by atoms with E-state index in [1.54, 1.807) is 7.05 Å². The van der Waals surface area contributed by atoms with Crippen LogP contribution in [-0.4, -0.2) is 48.7 Å². The van der Waals surface area contributed by atoms with Crippen molar-refractivity contribution >= 4 is 5.97 Å². The Bertz CT molecular complexity index is 230. The van der Waals surface area contributed by atoms with Crippen LogP contribution in [-0.2, 0) is 4.79 Å². The molecule has 0 heterocycles. The van der Waals surface area contributed by atoms with Crippen LogP contribution in [0, 0.1) is 11.8 Å². The quantitative estimate of drug-likeness (QED) is 0.606. The molecule has 19 heavy (non-hydrogen) atoms. The van der Waals surface area contributed by atoms with Crippen molar-refractivity contribution in [3.05, 3.63) is 0 Å². The fourth-order valence-corrected chi connectivity index (χ4v) is 1.92. The highest BCUT2D eigenvalue weighted by atomic mass is 16.4. The number of aliphatic carboxylic acids is 1. The second-order valence-electron chi connectivity index (χ2n) is 6.17. The molecule has 0 aromatic heterocycles. The van der Waals surface area contributed by atoms with E-state index in [-0.39, 0.29) is 0 Å². The predicted octanol–water partition coefficient (Wildman–Crippen LogP) is 2.44. The Hall–Kier alpha value is -0.610. The molecule has 4 heteroatoms. The van der Waals surface area contributed by atoms with Gasteiger partial charge in [-0.1, -0.05) is 27.7 Å². The summed E-state index contributed by atoms with van der Waals surface area (Å²) >= 11 is 0. The number of rotatable bonds is 11. The average Bonchev–Trinajstić information content (AvgIpc) is 2.31. The maximum atomic E-state index is 11.0. The fraction of sp³-hybridized carbons (Fsp3) is 0.933. The number of carboxylic acid groups (broad SMARTS) is 1. The summed E-state index contributed by atoms with van der Waals surface area (Å²) in [5.41, 5.74) is 0. The van der Waals surface area contributed by atoms with E-state index in [1.807, 2.05) is 0 Å². The Balaban J connectivity index is 4.19. The van der Waals surface area contributed by atoms with Crippen molar-refractivity contribution in [3.63, 3.8) is 0 Å². The molecular formula is C15H32N2O2. The zero-order valence-electron chi connectivity index (χ0n) is 13.3. The van der Waals surface area contributed by atoms with Crippen molar-refractivity contribution in [2.45, 2.75) is 53.0 Å². The third kappa shape index (κ3) is 9.91. The van der Waals surface area contributed by atoms with Gasteiger partial charge in [0.15, 0.2) is 0 Å². The molecule has 2 N–H and O–H groups in total. The zero-order valence-corrected chi connectivity index (χ0v) is 13.3. The predicted molar refractivity (Wildman–Crippen MR) is 80.5 cm³/mol. The summed E-state index contributed by atoms with van der Waals surface area (Å²) in [6.07, 6.45) is 3.02. The van der Waals surface area contributed by atoms with Gasteiger partial charge in [-0.15, -0.1) is 0 Å². The second kappa shape index (κ2) is 10.2. The largest absolute Gasteiger partial charge is 0.480 e. The van der Waals surface area contributed by atoms with E-state index in [1.165, 1.54) is 12.8 Å². The first-order valence-corrected chi connectivity index (χ1v) is 7.49. The molecule has 4 nitrogen and oxygen atoms in total. The third-order valence-electron chi connectivity index (χ3n) is 3.43. The number of nitrogens with zero attached hydrogens (tertiary/aromatic N) is 1. The van der Waals surface area contributed by atoms with E-state index in [4.69, 9.17) is 5.11 Å². The first-order chi connectivity index (χ1) is 8.86. The lowest BCUT2D eigenvalue weighted by atomic mass is 10.1. The SMILES string of the molecule is CNC(CCN(CCC(C)C)CCC(C)C)C(=O)O. The van der Waals surface area contributed by atoms with Gasteiger partial charge in [-0.2, -0.15) is 0 Å². The molecule has 0 aliphatic rings. The normalized spacial score (nSPS) is 13.5. The van der Waals surface area contributed by atoms with Crippen molar-refractivity contribution in [2.24, 2.45) is 11.8 Å². The van der Waals surface area contributed by atoms with Crippen molar-refractivity contribution < 1.29 is 9.90 Å². The van der Waals surface area contributed by atoms with Gasteiger partial charge in [-0.3, -0.25) is 4.79 Å². The number of hydrogen-bond donors (Lipinski definition) is 2. The van der Waals surface area contributed by atoms with Crippen molar-refractivity contribution in [1.29, 1.82) is 0 Å². The molecule has 0 rings (SSSR count). The van der Waals surface area contributed by atoms with Crippen LogP contribution in [0.3, 0.4) is 0 Å². The lowest BCUT2D eigenvalue weighted by Gasteiger charge is -2.25. The first kappa shape index (κ1) is 18.4. The zero-order chi connectivity index (χ0) is 14.8. The molecule has 0 bridgehead atoms. The van der Waals surface area contributed by atoms with Crippen LogP contribution in [0.1, 0.15) is 47.0 Å². The summed E-state index contributed by atoms with van der Waals surface area (Å²) in [6.45, 7) is 11.9. The molecule has 0 fully saturated rings. The number of hydrogen-bond acceptors (Lipinski definition) is 3. The van der Waals surface area contributed by atoms with Gasteiger partial charge in [0, 0.05) is 6.54 Å². The lowest BCUT2D eigenvalue weighted by Crippen LogP contribution is -2.38. The first-order valence-electron chi connectivity index (χ1n) is 7.49. The topological polar surface area (TPSA) is 52.6 Å². The molecule has 0 spiro atoms. The molecule has 0 saturated heterocycles. The van der Waals surface area contributed by atoms with Crippen molar-refractivity contribution in [1.82, 2.24) is 10.2 Å². The van der Waals surface area contributed by atoms with Gasteiger partial charge in [0.2, 0.25) is 0 Å². The van der Waals surface area contributed by atoms with E-state index in [0.29, 0.717) is 18.3 Å². The third-order valence-corrected chi connectivity index (χ3v) is 3.43. The monoisotopic (exact) mass is 272 g/mol. The van der Waals surface area contributed by atoms with Crippen LogP contribution >= 0.6 is 0 Å². The van der Waals surface area contributed by atoms with Crippen LogP contribution in [0.25, 0.3) is 0 Å². The summed E-state index contributed by atoms with van der Waals surface area (Å²) in [5.74, 6) is 0.636. The fourth-order valence-electron chi connectivity index (χ4n) is 1.92. The Morgan fingerprint density at radius 2 is 1.42 bits per heavy atom. The summed E-state index contributed by atoms with van der Waals surface area (Å²) in [6, 6.07) is -0.430. The van der Waals surface area contributed by atoms with Crippen molar-refractivity contribution in [2.75, 3.05) is 26.7 Å². The van der Waals surface area contributed by atoms with Gasteiger partial charge in [0.25, 0.3) is 0 Å². The number of likely N-dealkylation sites (N-methyl/N-ethyl adjacent to an activating group) is 1. The van der Waals surface area contributed by atoms with Gasteiger partial charge in [0.05, 0.1) is 0 Å². The molecule has 114 valence electrons. The minimum atomic E-state index is -0.754. The molecule has 0 radical (unpaired) electrons. The molecule has 0 aromatic rings.